The second-order valence-corrected chi connectivity index (χ2v) is 14.9. The van der Waals surface area contributed by atoms with Gasteiger partial charge in [-0.3, -0.25) is 0 Å². The van der Waals surface area contributed by atoms with Crippen LogP contribution in [0.2, 0.25) is 0 Å². The van der Waals surface area contributed by atoms with Gasteiger partial charge in [-0.05, 0) is 104 Å². The van der Waals surface area contributed by atoms with E-state index in [4.69, 9.17) is 8.83 Å². The molecule has 2 aromatic heterocycles. The molecule has 10 aromatic carbocycles. The van der Waals surface area contributed by atoms with Crippen molar-refractivity contribution in [1.82, 2.24) is 0 Å². The molecular formula is C54H33NO2. The predicted molar refractivity (Wildman–Crippen MR) is 239 cm³/mol. The summed E-state index contributed by atoms with van der Waals surface area (Å²) in [5, 5.41) is 11.8. The van der Waals surface area contributed by atoms with Crippen LogP contribution in [0.4, 0.5) is 17.1 Å². The Balaban J connectivity index is 1.03. The van der Waals surface area contributed by atoms with Crippen LogP contribution in [-0.2, 0) is 0 Å². The summed E-state index contributed by atoms with van der Waals surface area (Å²) in [6, 6.07) is 71.6. The smallest absolute Gasteiger partial charge is 0.143 e. The molecule has 0 bridgehead atoms. The van der Waals surface area contributed by atoms with Gasteiger partial charge in [0.05, 0.1) is 5.69 Å². The molecular weight excluding hydrogens is 695 g/mol. The molecule has 0 saturated carbocycles. The molecule has 0 atom stereocenters. The Morgan fingerprint density at radius 3 is 1.82 bits per heavy atom. The van der Waals surface area contributed by atoms with Crippen LogP contribution >= 0.6 is 0 Å². The molecule has 2 heterocycles. The molecule has 12 aromatic rings. The maximum atomic E-state index is 6.78. The van der Waals surface area contributed by atoms with Crippen molar-refractivity contribution >= 4 is 93.3 Å². The Bertz CT molecular complexity index is 3530. The summed E-state index contributed by atoms with van der Waals surface area (Å²) in [6.07, 6.45) is 0. The van der Waals surface area contributed by atoms with Gasteiger partial charge in [-0.25, -0.2) is 0 Å². The van der Waals surface area contributed by atoms with Crippen LogP contribution in [0.5, 0.6) is 0 Å². The maximum absolute atomic E-state index is 6.78. The number of rotatable bonds is 5. The fraction of sp³-hybridized carbons (Fsp3) is 0. The van der Waals surface area contributed by atoms with Crippen molar-refractivity contribution in [1.29, 1.82) is 0 Å². The van der Waals surface area contributed by atoms with Gasteiger partial charge in [-0.1, -0.05) is 140 Å². The molecule has 0 aliphatic rings. The highest BCUT2D eigenvalue weighted by atomic mass is 16.3. The van der Waals surface area contributed by atoms with Gasteiger partial charge in [0.25, 0.3) is 0 Å². The lowest BCUT2D eigenvalue weighted by Crippen LogP contribution is -2.11. The number of benzene rings is 10. The van der Waals surface area contributed by atoms with Crippen LogP contribution in [-0.4, -0.2) is 0 Å². The third-order valence-corrected chi connectivity index (χ3v) is 11.6. The molecule has 0 fully saturated rings. The number of fused-ring (bicyclic) bond motifs is 10. The maximum Gasteiger partial charge on any atom is 0.143 e. The molecule has 3 heteroatoms. The first-order chi connectivity index (χ1) is 28.2. The largest absolute Gasteiger partial charge is 0.456 e. The molecule has 0 N–H and O–H groups in total. The highest BCUT2D eigenvalue weighted by Gasteiger charge is 2.22. The van der Waals surface area contributed by atoms with Crippen molar-refractivity contribution in [3.05, 3.63) is 200 Å². The van der Waals surface area contributed by atoms with E-state index in [1.807, 2.05) is 12.1 Å². The van der Waals surface area contributed by atoms with Gasteiger partial charge in [0, 0.05) is 44.0 Å². The zero-order valence-corrected chi connectivity index (χ0v) is 30.8. The van der Waals surface area contributed by atoms with Crippen LogP contribution in [0.1, 0.15) is 0 Å². The number of hydrogen-bond donors (Lipinski definition) is 0. The second-order valence-electron chi connectivity index (χ2n) is 14.9. The van der Waals surface area contributed by atoms with Gasteiger partial charge in [-0.15, -0.1) is 0 Å². The van der Waals surface area contributed by atoms with E-state index in [9.17, 15) is 0 Å². The van der Waals surface area contributed by atoms with Crippen LogP contribution in [0.3, 0.4) is 0 Å². The summed E-state index contributed by atoms with van der Waals surface area (Å²) < 4.78 is 13.1. The van der Waals surface area contributed by atoms with E-state index in [1.54, 1.807) is 0 Å². The third-order valence-electron chi connectivity index (χ3n) is 11.6. The fourth-order valence-electron chi connectivity index (χ4n) is 8.87. The standard InChI is InChI=1S/C54H33NO2/c1-2-12-37-32-53-48(31-36(37)11-1)47-17-9-16-46(54(47)57-53)44-14-5-7-18-50(44)55(41-27-29-52-49(33-41)45-15-6-8-19-51(45)56-52)40-25-22-34(23-26-40)38-24-28-43-39(30-38)21-20-35-10-3-4-13-42(35)43/h1-33H. The second kappa shape index (κ2) is 12.5. The van der Waals surface area contributed by atoms with Crippen molar-refractivity contribution in [2.24, 2.45) is 0 Å². The number of furan rings is 2. The van der Waals surface area contributed by atoms with Crippen molar-refractivity contribution in [3.8, 4) is 22.3 Å². The molecule has 57 heavy (non-hydrogen) atoms. The van der Waals surface area contributed by atoms with E-state index >= 15 is 0 Å². The topological polar surface area (TPSA) is 29.5 Å². The van der Waals surface area contributed by atoms with Crippen LogP contribution < -0.4 is 4.90 Å². The summed E-state index contributed by atoms with van der Waals surface area (Å²) in [6.45, 7) is 0. The van der Waals surface area contributed by atoms with E-state index in [0.29, 0.717) is 0 Å². The van der Waals surface area contributed by atoms with Crippen molar-refractivity contribution in [2.45, 2.75) is 0 Å². The van der Waals surface area contributed by atoms with Crippen molar-refractivity contribution in [3.63, 3.8) is 0 Å². The quantitative estimate of drug-likeness (QED) is 0.165. The molecule has 12 rings (SSSR count). The van der Waals surface area contributed by atoms with Crippen LogP contribution in [0, 0.1) is 0 Å². The molecule has 0 aliphatic heterocycles. The van der Waals surface area contributed by atoms with E-state index < -0.39 is 0 Å². The molecule has 0 amide bonds. The highest BCUT2D eigenvalue weighted by Crippen LogP contribution is 2.46. The summed E-state index contributed by atoms with van der Waals surface area (Å²) in [5.74, 6) is 0. The Kier molecular flexibility index (Phi) is 6.93. The molecule has 0 aliphatic carbocycles. The summed E-state index contributed by atoms with van der Waals surface area (Å²) >= 11 is 0. The van der Waals surface area contributed by atoms with Gasteiger partial charge in [-0.2, -0.15) is 0 Å². The SMILES string of the molecule is c1ccc(N(c2ccc(-c3ccc4c(ccc5ccccc54)c3)cc2)c2ccc3oc4ccccc4c3c2)c(-c2cccc3c2oc2cc4ccccc4cc23)c1. The van der Waals surface area contributed by atoms with Gasteiger partial charge >= 0.3 is 0 Å². The average molecular weight is 728 g/mol. The molecule has 0 spiro atoms. The minimum atomic E-state index is 0.868. The number of nitrogens with zero attached hydrogens (tertiary/aromatic N) is 1. The Morgan fingerprint density at radius 2 is 0.930 bits per heavy atom. The molecule has 0 unspecified atom stereocenters. The van der Waals surface area contributed by atoms with Crippen LogP contribution in [0.15, 0.2) is 209 Å². The molecule has 0 saturated heterocycles. The van der Waals surface area contributed by atoms with Crippen molar-refractivity contribution in [2.75, 3.05) is 4.90 Å². The Labute approximate surface area is 328 Å². The lowest BCUT2D eigenvalue weighted by molar-refractivity contribution is 0.669. The zero-order valence-electron chi connectivity index (χ0n) is 30.8. The first-order valence-corrected chi connectivity index (χ1v) is 19.4. The van der Waals surface area contributed by atoms with Crippen molar-refractivity contribution < 1.29 is 8.83 Å². The number of para-hydroxylation sites is 3. The Hall–Kier alpha value is -7.62. The number of anilines is 3. The number of hydrogen-bond acceptors (Lipinski definition) is 3. The average Bonchev–Trinajstić information content (AvgIpc) is 3.83. The van der Waals surface area contributed by atoms with E-state index in [2.05, 4.69) is 193 Å². The highest BCUT2D eigenvalue weighted by molar-refractivity contribution is 6.14. The lowest BCUT2D eigenvalue weighted by atomic mass is 9.97. The lowest BCUT2D eigenvalue weighted by Gasteiger charge is -2.28. The van der Waals surface area contributed by atoms with Gasteiger partial charge in [0.1, 0.15) is 22.3 Å². The molecule has 266 valence electrons. The van der Waals surface area contributed by atoms with Crippen LogP contribution in [0.25, 0.3) is 98.4 Å². The Morgan fingerprint density at radius 1 is 0.298 bits per heavy atom. The minimum Gasteiger partial charge on any atom is -0.456 e. The van der Waals surface area contributed by atoms with E-state index in [0.717, 1.165) is 77.6 Å². The van der Waals surface area contributed by atoms with Gasteiger partial charge in [0.2, 0.25) is 0 Å². The van der Waals surface area contributed by atoms with E-state index in [1.165, 1.54) is 37.9 Å². The summed E-state index contributed by atoms with van der Waals surface area (Å²) in [7, 11) is 0. The zero-order chi connectivity index (χ0) is 37.5. The molecule has 3 nitrogen and oxygen atoms in total. The summed E-state index contributed by atoms with van der Waals surface area (Å²) in [5.41, 5.74) is 11.1. The van der Waals surface area contributed by atoms with Gasteiger partial charge < -0.3 is 13.7 Å². The monoisotopic (exact) mass is 727 g/mol. The fourth-order valence-corrected chi connectivity index (χ4v) is 8.87. The summed E-state index contributed by atoms with van der Waals surface area (Å²) in [4.78, 5) is 2.36. The third kappa shape index (κ3) is 5.06. The minimum absolute atomic E-state index is 0.868. The predicted octanol–water partition coefficient (Wildman–Crippen LogP) is 15.7. The normalized spacial score (nSPS) is 11.9. The first-order valence-electron chi connectivity index (χ1n) is 19.4. The first kappa shape index (κ1) is 31.7. The molecule has 0 radical (unpaired) electrons. The van der Waals surface area contributed by atoms with E-state index in [-0.39, 0.29) is 0 Å². The van der Waals surface area contributed by atoms with Gasteiger partial charge in [0.15, 0.2) is 0 Å².